The number of benzene rings is 1. The second kappa shape index (κ2) is 7.62. The molecule has 3 aromatic rings. The number of hydrogen-bond donors (Lipinski definition) is 1. The molecule has 28 heavy (non-hydrogen) atoms. The molecule has 146 valence electrons. The van der Waals surface area contributed by atoms with Crippen LogP contribution in [0.3, 0.4) is 0 Å². The second-order valence-corrected chi connectivity index (χ2v) is 7.72. The Balaban J connectivity index is 1.76. The maximum atomic E-state index is 11.6. The number of pyridine rings is 1. The van der Waals surface area contributed by atoms with Crippen LogP contribution in [0.2, 0.25) is 10.0 Å². The summed E-state index contributed by atoms with van der Waals surface area (Å²) in [4.78, 5) is 20.3. The van der Waals surface area contributed by atoms with E-state index in [1.165, 1.54) is 0 Å². The fourth-order valence-electron chi connectivity index (χ4n) is 3.65. The van der Waals surface area contributed by atoms with Gasteiger partial charge in [0.15, 0.2) is 0 Å². The van der Waals surface area contributed by atoms with Crippen LogP contribution in [0.5, 0.6) is 0 Å². The van der Waals surface area contributed by atoms with Gasteiger partial charge in [-0.2, -0.15) is 0 Å². The van der Waals surface area contributed by atoms with Crippen molar-refractivity contribution in [3.63, 3.8) is 0 Å². The molecular formula is C20H21Cl2N5O. The van der Waals surface area contributed by atoms with Crippen LogP contribution in [0.1, 0.15) is 12.5 Å². The Morgan fingerprint density at radius 2 is 1.89 bits per heavy atom. The molecule has 2 aromatic heterocycles. The average Bonchev–Trinajstić information content (AvgIpc) is 3.10. The summed E-state index contributed by atoms with van der Waals surface area (Å²) in [6.45, 7) is 4.94. The quantitative estimate of drug-likeness (QED) is 0.708. The largest absolute Gasteiger partial charge is 0.353 e. The lowest BCUT2D eigenvalue weighted by molar-refractivity contribution is -0.129. The van der Waals surface area contributed by atoms with Crippen molar-refractivity contribution in [3.05, 3.63) is 52.3 Å². The molecule has 1 aliphatic rings. The van der Waals surface area contributed by atoms with E-state index in [0.29, 0.717) is 29.7 Å². The molecule has 1 fully saturated rings. The lowest BCUT2D eigenvalue weighted by atomic mass is 10.0. The highest BCUT2D eigenvalue weighted by Crippen LogP contribution is 2.34. The van der Waals surface area contributed by atoms with Gasteiger partial charge < -0.3 is 15.5 Å². The number of nitrogens with zero attached hydrogens (tertiary/aromatic N) is 4. The van der Waals surface area contributed by atoms with Crippen molar-refractivity contribution >= 4 is 40.6 Å². The number of anilines is 1. The van der Waals surface area contributed by atoms with E-state index in [-0.39, 0.29) is 5.91 Å². The number of carbonyl (C=O) groups is 1. The zero-order valence-electron chi connectivity index (χ0n) is 15.5. The lowest BCUT2D eigenvalue weighted by Gasteiger charge is -2.35. The highest BCUT2D eigenvalue weighted by atomic mass is 35.5. The molecule has 3 heterocycles. The van der Waals surface area contributed by atoms with Gasteiger partial charge in [0.2, 0.25) is 5.91 Å². The van der Waals surface area contributed by atoms with E-state index >= 15 is 0 Å². The summed E-state index contributed by atoms with van der Waals surface area (Å²) >= 11 is 12.5. The van der Waals surface area contributed by atoms with Gasteiger partial charge >= 0.3 is 0 Å². The molecule has 0 saturated carbocycles. The molecule has 1 aliphatic heterocycles. The predicted octanol–water partition coefficient (Wildman–Crippen LogP) is 3.44. The molecule has 1 aromatic carbocycles. The molecule has 2 N–H and O–H groups in total. The number of imidazole rings is 1. The number of piperazine rings is 1. The molecule has 0 radical (unpaired) electrons. The zero-order valence-corrected chi connectivity index (χ0v) is 17.0. The summed E-state index contributed by atoms with van der Waals surface area (Å²) in [5.41, 5.74) is 9.64. The van der Waals surface area contributed by atoms with Crippen LogP contribution in [0.4, 0.5) is 5.82 Å². The fraction of sp³-hybridized carbons (Fsp3) is 0.300. The van der Waals surface area contributed by atoms with Gasteiger partial charge in [0.1, 0.15) is 11.5 Å². The van der Waals surface area contributed by atoms with E-state index in [1.807, 2.05) is 35.5 Å². The van der Waals surface area contributed by atoms with E-state index in [9.17, 15) is 4.79 Å². The monoisotopic (exact) mass is 417 g/mol. The SMILES string of the molecule is CC(=O)N1CCN(c2cnc3cc(CN)c(-c4ccc(Cl)cc4Cl)cn23)CC1. The van der Waals surface area contributed by atoms with Crippen LogP contribution in [0, 0.1) is 0 Å². The zero-order chi connectivity index (χ0) is 19.8. The lowest BCUT2D eigenvalue weighted by Crippen LogP contribution is -2.48. The summed E-state index contributed by atoms with van der Waals surface area (Å²) in [5, 5.41) is 1.18. The third-order valence-electron chi connectivity index (χ3n) is 5.20. The number of halogens is 2. The van der Waals surface area contributed by atoms with Gasteiger partial charge in [-0.3, -0.25) is 9.20 Å². The minimum atomic E-state index is 0.116. The molecule has 1 saturated heterocycles. The summed E-state index contributed by atoms with van der Waals surface area (Å²) in [7, 11) is 0. The van der Waals surface area contributed by atoms with Crippen molar-refractivity contribution in [2.75, 3.05) is 31.1 Å². The Kier molecular flexibility index (Phi) is 5.19. The average molecular weight is 418 g/mol. The Hall–Kier alpha value is -2.28. The molecule has 0 spiro atoms. The van der Waals surface area contributed by atoms with E-state index in [4.69, 9.17) is 28.9 Å². The van der Waals surface area contributed by atoms with Crippen molar-refractivity contribution in [2.24, 2.45) is 5.73 Å². The first-order valence-corrected chi connectivity index (χ1v) is 9.89. The van der Waals surface area contributed by atoms with E-state index in [0.717, 1.165) is 41.2 Å². The van der Waals surface area contributed by atoms with Crippen LogP contribution in [0.25, 0.3) is 16.8 Å². The first-order chi connectivity index (χ1) is 13.5. The second-order valence-electron chi connectivity index (χ2n) is 6.88. The third kappa shape index (κ3) is 3.43. The molecule has 1 amide bonds. The predicted molar refractivity (Wildman–Crippen MR) is 113 cm³/mol. The van der Waals surface area contributed by atoms with Gasteiger partial charge in [-0.1, -0.05) is 29.3 Å². The van der Waals surface area contributed by atoms with E-state index < -0.39 is 0 Å². The van der Waals surface area contributed by atoms with Gasteiger partial charge in [0, 0.05) is 67.0 Å². The summed E-state index contributed by atoms with van der Waals surface area (Å²) < 4.78 is 2.06. The van der Waals surface area contributed by atoms with Crippen molar-refractivity contribution < 1.29 is 4.79 Å². The minimum absolute atomic E-state index is 0.116. The maximum absolute atomic E-state index is 11.6. The Labute approximate surface area is 173 Å². The smallest absolute Gasteiger partial charge is 0.219 e. The normalized spacial score (nSPS) is 14.7. The van der Waals surface area contributed by atoms with Gasteiger partial charge in [0.25, 0.3) is 0 Å². The number of aromatic nitrogens is 2. The minimum Gasteiger partial charge on any atom is -0.353 e. The molecule has 4 rings (SSSR count). The third-order valence-corrected chi connectivity index (χ3v) is 5.75. The van der Waals surface area contributed by atoms with Crippen molar-refractivity contribution in [1.29, 1.82) is 0 Å². The number of hydrogen-bond acceptors (Lipinski definition) is 4. The Morgan fingerprint density at radius 1 is 1.14 bits per heavy atom. The maximum Gasteiger partial charge on any atom is 0.219 e. The standard InChI is InChI=1S/C20H21Cl2N5O/c1-13(28)25-4-6-26(7-5-25)20-11-24-19-8-14(10-23)17(12-27(19)20)16-3-2-15(21)9-18(16)22/h2-3,8-9,11-12H,4-7,10,23H2,1H3. The molecule has 0 aliphatic carbocycles. The van der Waals surface area contributed by atoms with Crippen LogP contribution < -0.4 is 10.6 Å². The molecule has 6 nitrogen and oxygen atoms in total. The van der Waals surface area contributed by atoms with Crippen LogP contribution >= 0.6 is 23.2 Å². The highest BCUT2D eigenvalue weighted by molar-refractivity contribution is 6.36. The molecule has 0 unspecified atom stereocenters. The molecular weight excluding hydrogens is 397 g/mol. The number of fused-ring (bicyclic) bond motifs is 1. The van der Waals surface area contributed by atoms with Crippen LogP contribution in [0.15, 0.2) is 36.7 Å². The van der Waals surface area contributed by atoms with E-state index in [2.05, 4.69) is 14.3 Å². The van der Waals surface area contributed by atoms with Crippen LogP contribution in [-0.2, 0) is 11.3 Å². The van der Waals surface area contributed by atoms with Crippen LogP contribution in [-0.4, -0.2) is 46.4 Å². The molecule has 0 bridgehead atoms. The number of rotatable bonds is 3. The summed E-state index contributed by atoms with van der Waals surface area (Å²) in [5.74, 6) is 1.11. The van der Waals surface area contributed by atoms with E-state index in [1.54, 1.807) is 13.0 Å². The molecule has 8 heteroatoms. The van der Waals surface area contributed by atoms with Crippen molar-refractivity contribution in [3.8, 4) is 11.1 Å². The summed E-state index contributed by atoms with van der Waals surface area (Å²) in [6, 6.07) is 7.46. The fourth-order valence-corrected chi connectivity index (χ4v) is 4.16. The van der Waals surface area contributed by atoms with Gasteiger partial charge in [-0.05, 0) is 23.8 Å². The number of carbonyl (C=O) groups excluding carboxylic acids is 1. The number of nitrogens with two attached hydrogens (primary N) is 1. The highest BCUT2D eigenvalue weighted by Gasteiger charge is 2.22. The van der Waals surface area contributed by atoms with Gasteiger partial charge in [-0.15, -0.1) is 0 Å². The number of amides is 1. The first kappa shape index (κ1) is 19.1. The van der Waals surface area contributed by atoms with Crippen molar-refractivity contribution in [2.45, 2.75) is 13.5 Å². The first-order valence-electron chi connectivity index (χ1n) is 9.14. The summed E-state index contributed by atoms with van der Waals surface area (Å²) in [6.07, 6.45) is 3.90. The van der Waals surface area contributed by atoms with Crippen molar-refractivity contribution in [1.82, 2.24) is 14.3 Å². The Bertz CT molecular complexity index is 1040. The topological polar surface area (TPSA) is 66.9 Å². The van der Waals surface area contributed by atoms with Gasteiger partial charge in [0.05, 0.1) is 6.20 Å². The molecule has 0 atom stereocenters. The Morgan fingerprint density at radius 3 is 2.54 bits per heavy atom. The van der Waals surface area contributed by atoms with Gasteiger partial charge in [-0.25, -0.2) is 4.98 Å².